The van der Waals surface area contributed by atoms with Crippen molar-refractivity contribution in [3.8, 4) is 12.1 Å². The Morgan fingerprint density at radius 3 is 2.10 bits per heavy atom. The van der Waals surface area contributed by atoms with E-state index in [2.05, 4.69) is 47.1 Å². The number of carbonyl (C=O) groups excluding carboxylic acids is 2. The first-order valence-electron chi connectivity index (χ1n) is 21.1. The molecule has 2 aliphatic heterocycles. The van der Waals surface area contributed by atoms with E-state index in [-0.39, 0.29) is 40.5 Å². The average Bonchev–Trinajstić information content (AvgIpc) is 4.12. The Hall–Kier alpha value is -6.26. The number of anilines is 2. The number of alkyl halides is 2. The van der Waals surface area contributed by atoms with Crippen molar-refractivity contribution in [3.05, 3.63) is 77.9 Å². The van der Waals surface area contributed by atoms with Gasteiger partial charge in [-0.2, -0.15) is 15.5 Å². The molecule has 70 heavy (non-hydrogen) atoms. The molecule has 10 atom stereocenters. The summed E-state index contributed by atoms with van der Waals surface area (Å²) >= 11 is 0. The molecule has 372 valence electrons. The van der Waals surface area contributed by atoms with Crippen LogP contribution in [0.25, 0.3) is 22.3 Å². The standard InChI is InChI=1S/C40H44F2N12O14P2/c1-4-14-61-69(59,62-15-8-12-43)68-31-25(66-39(27(31)42)54-21-48-29-34(54)50-40(52-37(29)58)51-35(56)22(2)3)18-64-70(60,63-16-9-13-44)67-30-24(17-55)65-38(26(30)41)53-20-47-28-32(45-19-46-33(28)53)49-36(57)23-10-6-5-7-11-23/h4-7,10-11,19-22,24-27,30-31,38-39,55H,1,8-9,14-18H2,2-3H3,(H,45,46,49,57)(H2,50,51,52,56,58)/t24?,25?,26-,27-,30-,31-,38?,39?,69?,70?/m1/s1. The Labute approximate surface area is 395 Å². The highest BCUT2D eigenvalue weighted by Crippen LogP contribution is 2.57. The van der Waals surface area contributed by atoms with Crippen molar-refractivity contribution in [2.45, 2.75) is 75.9 Å². The lowest BCUT2D eigenvalue weighted by atomic mass is 10.1. The van der Waals surface area contributed by atoms with Crippen LogP contribution >= 0.6 is 15.6 Å². The van der Waals surface area contributed by atoms with Crippen molar-refractivity contribution in [1.82, 2.24) is 39.0 Å². The number of aromatic amines is 1. The van der Waals surface area contributed by atoms with Crippen LogP contribution in [0, 0.1) is 28.6 Å². The number of nitriles is 2. The van der Waals surface area contributed by atoms with Crippen LogP contribution in [0.3, 0.4) is 0 Å². The molecule has 1 aromatic carbocycles. The van der Waals surface area contributed by atoms with Crippen LogP contribution in [0.1, 0.15) is 49.5 Å². The molecule has 2 fully saturated rings. The van der Waals surface area contributed by atoms with E-state index in [1.807, 2.05) is 0 Å². The summed E-state index contributed by atoms with van der Waals surface area (Å²) in [5.41, 5.74) is -1.14. The van der Waals surface area contributed by atoms with E-state index >= 15 is 8.78 Å². The van der Waals surface area contributed by atoms with E-state index in [9.17, 15) is 33.9 Å². The predicted octanol–water partition coefficient (Wildman–Crippen LogP) is 4.34. The average molecular weight is 1020 g/mol. The number of hydrogen-bond acceptors (Lipinski definition) is 21. The molecule has 6 unspecified atom stereocenters. The molecular formula is C40H44F2N12O14P2. The van der Waals surface area contributed by atoms with E-state index in [1.54, 1.807) is 56.3 Å². The zero-order valence-electron chi connectivity index (χ0n) is 37.0. The number of nitrogens with one attached hydrogen (secondary N) is 3. The molecule has 4 N–H and O–H groups in total. The second-order valence-corrected chi connectivity index (χ2v) is 18.6. The van der Waals surface area contributed by atoms with E-state index in [0.717, 1.165) is 28.1 Å². The number of fused-ring (bicyclic) bond motifs is 2. The van der Waals surface area contributed by atoms with Gasteiger partial charge in [0, 0.05) is 11.5 Å². The highest BCUT2D eigenvalue weighted by molar-refractivity contribution is 7.48. The van der Waals surface area contributed by atoms with Gasteiger partial charge in [0.15, 0.2) is 52.9 Å². The van der Waals surface area contributed by atoms with Crippen LogP contribution in [-0.2, 0) is 50.5 Å². The van der Waals surface area contributed by atoms with E-state index in [4.69, 9.17) is 41.9 Å². The van der Waals surface area contributed by atoms with Crippen LogP contribution in [-0.4, -0.2) is 126 Å². The Bertz CT molecular complexity index is 2930. The molecule has 4 aromatic heterocycles. The van der Waals surface area contributed by atoms with Crippen LogP contribution in [0.2, 0.25) is 0 Å². The highest BCUT2D eigenvalue weighted by Gasteiger charge is 2.54. The largest absolute Gasteiger partial charge is 0.475 e. The summed E-state index contributed by atoms with van der Waals surface area (Å²) in [6.45, 7) is 3.12. The number of benzene rings is 1. The number of ether oxygens (including phenoxy) is 2. The number of nitrogens with zero attached hydrogens (tertiary/aromatic N) is 9. The van der Waals surface area contributed by atoms with Gasteiger partial charge >= 0.3 is 15.6 Å². The number of halogens is 2. The number of carbonyl (C=O) groups is 2. The first kappa shape index (κ1) is 51.6. The minimum Gasteiger partial charge on any atom is -0.394 e. The molecule has 0 saturated carbocycles. The molecule has 0 aliphatic carbocycles. The lowest BCUT2D eigenvalue weighted by molar-refractivity contribution is -0.118. The summed E-state index contributed by atoms with van der Waals surface area (Å²) in [5, 5.41) is 33.8. The van der Waals surface area contributed by atoms with Crippen molar-refractivity contribution in [1.29, 1.82) is 10.5 Å². The number of aliphatic hydroxyl groups excluding tert-OH is 1. The monoisotopic (exact) mass is 1020 g/mol. The number of amides is 2. The zero-order valence-corrected chi connectivity index (χ0v) is 38.8. The Balaban J connectivity index is 1.17. The minimum absolute atomic E-state index is 0.0265. The van der Waals surface area contributed by atoms with E-state index in [0.29, 0.717) is 5.56 Å². The van der Waals surface area contributed by atoms with Crippen LogP contribution in [0.5, 0.6) is 0 Å². The summed E-state index contributed by atoms with van der Waals surface area (Å²) in [6, 6.07) is 11.8. The smallest absolute Gasteiger partial charge is 0.394 e. The lowest BCUT2D eigenvalue weighted by Crippen LogP contribution is -2.36. The van der Waals surface area contributed by atoms with Crippen molar-refractivity contribution in [2.24, 2.45) is 5.92 Å². The number of phosphoric acid groups is 2. The second-order valence-electron chi connectivity index (χ2n) is 15.3. The van der Waals surface area contributed by atoms with E-state index < -0.39 is 128 Å². The molecule has 2 saturated heterocycles. The van der Waals surface area contributed by atoms with Crippen LogP contribution in [0.4, 0.5) is 20.5 Å². The fourth-order valence-corrected chi connectivity index (χ4v) is 9.65. The maximum absolute atomic E-state index is 17.0. The fourth-order valence-electron chi connectivity index (χ4n) is 6.91. The molecular weight excluding hydrogens is 972 g/mol. The second kappa shape index (κ2) is 22.7. The lowest BCUT2D eigenvalue weighted by Gasteiger charge is -2.27. The number of aliphatic hydroxyl groups is 1. The van der Waals surface area contributed by atoms with E-state index in [1.165, 1.54) is 6.08 Å². The van der Waals surface area contributed by atoms with Crippen molar-refractivity contribution < 1.29 is 69.2 Å². The first-order chi connectivity index (χ1) is 33.6. The summed E-state index contributed by atoms with van der Waals surface area (Å²) < 4.78 is 109. The van der Waals surface area contributed by atoms with Gasteiger partial charge in [-0.15, -0.1) is 6.58 Å². The van der Waals surface area contributed by atoms with Gasteiger partial charge in [-0.25, -0.2) is 37.8 Å². The topological polar surface area (TPSA) is 341 Å². The molecule has 30 heteroatoms. The first-order valence-corrected chi connectivity index (χ1v) is 24.1. The fraction of sp³-hybridized carbons (Fsp3) is 0.450. The molecule has 0 bridgehead atoms. The molecule has 7 rings (SSSR count). The van der Waals surface area contributed by atoms with Crippen LogP contribution in [0.15, 0.2) is 66.8 Å². The number of H-pyrrole nitrogens is 1. The Morgan fingerprint density at radius 2 is 1.49 bits per heavy atom. The van der Waals surface area contributed by atoms with Crippen LogP contribution < -0.4 is 16.2 Å². The quantitative estimate of drug-likeness (QED) is 0.0402. The number of rotatable bonds is 23. The van der Waals surface area contributed by atoms with Crippen molar-refractivity contribution >= 4 is 61.6 Å². The van der Waals surface area contributed by atoms with Gasteiger partial charge in [-0.05, 0) is 12.1 Å². The highest BCUT2D eigenvalue weighted by atomic mass is 31.2. The van der Waals surface area contributed by atoms with Gasteiger partial charge in [-0.3, -0.25) is 61.0 Å². The van der Waals surface area contributed by atoms with Gasteiger partial charge in [-0.1, -0.05) is 38.1 Å². The third-order valence-electron chi connectivity index (χ3n) is 10.3. The maximum atomic E-state index is 17.0. The third-order valence-corrected chi connectivity index (χ3v) is 13.2. The maximum Gasteiger partial charge on any atom is 0.475 e. The molecule has 26 nitrogen and oxygen atoms in total. The Morgan fingerprint density at radius 1 is 0.886 bits per heavy atom. The van der Waals surface area contributed by atoms with Gasteiger partial charge in [0.1, 0.15) is 30.7 Å². The SMILES string of the molecule is C=CCOP(=O)(OCCC#N)O[C@@H]1C(COP(=O)(OCCC#N)O[C@@H]2C(CO)OC(n3cnc4c(NC(=O)c5ccccc5)ncnc43)[C@@H]2F)OC(n2cnc3c(=O)[nH]c(NC(=O)C(C)C)nc32)[C@@H]1F. The Kier molecular flexibility index (Phi) is 16.7. The number of phosphoric ester groups is 2. The minimum atomic E-state index is -5.17. The molecule has 2 aliphatic rings. The van der Waals surface area contributed by atoms with Gasteiger partial charge in [0.05, 0.1) is 70.7 Å². The van der Waals surface area contributed by atoms with Gasteiger partial charge in [0.25, 0.3) is 11.5 Å². The zero-order chi connectivity index (χ0) is 50.2. The molecule has 0 radical (unpaired) electrons. The number of imidazole rings is 2. The molecule has 5 aromatic rings. The molecule has 2 amide bonds. The normalized spacial score (nSPS) is 23.9. The summed E-state index contributed by atoms with van der Waals surface area (Å²) in [5.74, 6) is -1.94. The van der Waals surface area contributed by atoms with Gasteiger partial charge < -0.3 is 19.9 Å². The summed E-state index contributed by atoms with van der Waals surface area (Å²) in [6.07, 6.45) is -12.0. The number of aromatic nitrogens is 8. The molecule has 0 spiro atoms. The van der Waals surface area contributed by atoms with Crippen molar-refractivity contribution in [3.63, 3.8) is 0 Å². The third kappa shape index (κ3) is 11.5. The van der Waals surface area contributed by atoms with Gasteiger partial charge in [0.2, 0.25) is 11.9 Å². The summed E-state index contributed by atoms with van der Waals surface area (Å²) in [7, 11) is -10.00. The predicted molar refractivity (Wildman–Crippen MR) is 235 cm³/mol. The number of hydrogen-bond donors (Lipinski definition) is 4. The molecule has 6 heterocycles. The van der Waals surface area contributed by atoms with Crippen molar-refractivity contribution in [2.75, 3.05) is 43.7 Å². The summed E-state index contributed by atoms with van der Waals surface area (Å²) in [4.78, 5) is 61.5.